The second-order valence-electron chi connectivity index (χ2n) is 7.40. The Morgan fingerprint density at radius 1 is 0.879 bits per heavy atom. The van der Waals surface area contributed by atoms with Crippen LogP contribution in [0.4, 0.5) is 16.2 Å². The Morgan fingerprint density at radius 2 is 1.45 bits per heavy atom. The molecule has 0 aliphatic heterocycles. The van der Waals surface area contributed by atoms with Crippen LogP contribution in [0.5, 0.6) is 0 Å². The topological polar surface area (TPSA) is 104 Å². The van der Waals surface area contributed by atoms with Crippen molar-refractivity contribution < 1.29 is 18.0 Å². The van der Waals surface area contributed by atoms with Gasteiger partial charge in [-0.3, -0.25) is 4.79 Å². The van der Waals surface area contributed by atoms with E-state index in [1.165, 1.54) is 6.26 Å². The minimum absolute atomic E-state index is 0.240. The molecule has 0 saturated heterocycles. The van der Waals surface area contributed by atoms with Crippen molar-refractivity contribution in [2.45, 2.75) is 24.3 Å². The molecule has 3 aromatic rings. The van der Waals surface area contributed by atoms with E-state index in [2.05, 4.69) is 16.0 Å². The van der Waals surface area contributed by atoms with Crippen LogP contribution < -0.4 is 16.0 Å². The summed E-state index contributed by atoms with van der Waals surface area (Å²) in [5.74, 6) is -0.368. The molecule has 3 aromatic carbocycles. The molecule has 3 N–H and O–H groups in total. The van der Waals surface area contributed by atoms with E-state index in [0.29, 0.717) is 33.9 Å². The lowest BCUT2D eigenvalue weighted by Crippen LogP contribution is -2.45. The van der Waals surface area contributed by atoms with E-state index in [1.807, 2.05) is 0 Å². The average molecular weight is 486 g/mol. The Kier molecular flexibility index (Phi) is 7.73. The summed E-state index contributed by atoms with van der Waals surface area (Å²) in [6, 6.07) is 19.0. The number of hydrogen-bond donors (Lipinski definition) is 3. The van der Waals surface area contributed by atoms with Crippen LogP contribution in [-0.2, 0) is 14.6 Å². The summed E-state index contributed by atoms with van der Waals surface area (Å²) in [6.07, 6.45) is 1.56. The normalized spacial score (nSPS) is 12.0. The molecular weight excluding hydrogens is 462 g/mol. The van der Waals surface area contributed by atoms with Gasteiger partial charge < -0.3 is 16.0 Å². The lowest BCUT2D eigenvalue weighted by Gasteiger charge is -2.17. The standard InChI is InChI=1S/C24H24ClN3O4S/c1-3-21(28-24(30)27-19-14-10-17(25)11-15-19)23(29)26-18-12-8-16(9-13-18)20-6-4-5-7-22(20)33(2,31)32/h4-15,21H,3H2,1-2H3,(H,26,29)(H2,27,28,30)/t21-/m1/s1. The van der Waals surface area contributed by atoms with Gasteiger partial charge in [-0.2, -0.15) is 0 Å². The van der Waals surface area contributed by atoms with Crippen LogP contribution in [0.15, 0.2) is 77.7 Å². The number of benzene rings is 3. The zero-order chi connectivity index (χ0) is 24.0. The lowest BCUT2D eigenvalue weighted by atomic mass is 10.1. The summed E-state index contributed by atoms with van der Waals surface area (Å²) in [5, 5.41) is 8.64. The van der Waals surface area contributed by atoms with Crippen molar-refractivity contribution in [1.29, 1.82) is 0 Å². The van der Waals surface area contributed by atoms with E-state index in [-0.39, 0.29) is 10.8 Å². The van der Waals surface area contributed by atoms with Crippen LogP contribution in [0, 0.1) is 0 Å². The molecule has 1 atom stereocenters. The maximum absolute atomic E-state index is 12.7. The molecule has 0 spiro atoms. The molecule has 0 heterocycles. The SMILES string of the molecule is CC[C@@H](NC(=O)Nc1ccc(Cl)cc1)C(=O)Nc1ccc(-c2ccccc2S(C)(=O)=O)cc1. The highest BCUT2D eigenvalue weighted by molar-refractivity contribution is 7.90. The van der Waals surface area contributed by atoms with E-state index in [0.717, 1.165) is 0 Å². The zero-order valence-corrected chi connectivity index (χ0v) is 19.7. The van der Waals surface area contributed by atoms with Gasteiger partial charge >= 0.3 is 6.03 Å². The Morgan fingerprint density at radius 3 is 2.06 bits per heavy atom. The van der Waals surface area contributed by atoms with Crippen LogP contribution in [0.3, 0.4) is 0 Å². The van der Waals surface area contributed by atoms with Crippen LogP contribution in [0.25, 0.3) is 11.1 Å². The summed E-state index contributed by atoms with van der Waals surface area (Å²) in [4.78, 5) is 25.2. The van der Waals surface area contributed by atoms with Crippen molar-refractivity contribution in [3.63, 3.8) is 0 Å². The fraction of sp³-hybridized carbons (Fsp3) is 0.167. The Bertz CT molecular complexity index is 1240. The number of halogens is 1. The van der Waals surface area contributed by atoms with Crippen molar-refractivity contribution in [1.82, 2.24) is 5.32 Å². The highest BCUT2D eigenvalue weighted by atomic mass is 35.5. The Labute approximate surface area is 198 Å². The maximum atomic E-state index is 12.7. The van der Waals surface area contributed by atoms with Gasteiger partial charge in [-0.25, -0.2) is 13.2 Å². The third kappa shape index (κ3) is 6.57. The summed E-state index contributed by atoms with van der Waals surface area (Å²) in [5.41, 5.74) is 2.38. The van der Waals surface area contributed by atoms with E-state index in [1.54, 1.807) is 79.7 Å². The molecule has 0 unspecified atom stereocenters. The fourth-order valence-corrected chi connectivity index (χ4v) is 4.24. The predicted octanol–water partition coefficient (Wildman–Crippen LogP) is 4.95. The van der Waals surface area contributed by atoms with E-state index in [9.17, 15) is 18.0 Å². The van der Waals surface area contributed by atoms with Gasteiger partial charge in [-0.15, -0.1) is 0 Å². The number of anilines is 2. The molecule has 9 heteroatoms. The quantitative estimate of drug-likeness (QED) is 0.440. The molecule has 0 bridgehead atoms. The van der Waals surface area contributed by atoms with Crippen molar-refractivity contribution >= 4 is 44.8 Å². The van der Waals surface area contributed by atoms with Crippen molar-refractivity contribution in [3.8, 4) is 11.1 Å². The van der Waals surface area contributed by atoms with Crippen molar-refractivity contribution in [3.05, 3.63) is 77.8 Å². The van der Waals surface area contributed by atoms with Gasteiger partial charge in [0.15, 0.2) is 9.84 Å². The molecule has 3 amide bonds. The summed E-state index contributed by atoms with van der Waals surface area (Å²) >= 11 is 5.84. The molecule has 0 aromatic heterocycles. The minimum Gasteiger partial charge on any atom is -0.326 e. The monoisotopic (exact) mass is 485 g/mol. The molecule has 0 radical (unpaired) electrons. The van der Waals surface area contributed by atoms with Crippen LogP contribution in [-0.4, -0.2) is 32.7 Å². The number of carbonyl (C=O) groups excluding carboxylic acids is 2. The lowest BCUT2D eigenvalue weighted by molar-refractivity contribution is -0.117. The molecule has 0 fully saturated rings. The maximum Gasteiger partial charge on any atom is 0.319 e. The van der Waals surface area contributed by atoms with Crippen LogP contribution in [0.2, 0.25) is 5.02 Å². The second kappa shape index (κ2) is 10.5. The first-order chi connectivity index (χ1) is 15.7. The van der Waals surface area contributed by atoms with Gasteiger partial charge in [-0.1, -0.05) is 48.9 Å². The number of rotatable bonds is 7. The first-order valence-electron chi connectivity index (χ1n) is 10.2. The number of amides is 3. The molecule has 33 heavy (non-hydrogen) atoms. The van der Waals surface area contributed by atoms with Gasteiger partial charge in [0.1, 0.15) is 6.04 Å². The van der Waals surface area contributed by atoms with E-state index < -0.39 is 21.9 Å². The van der Waals surface area contributed by atoms with Crippen LogP contribution in [0.1, 0.15) is 13.3 Å². The highest BCUT2D eigenvalue weighted by Crippen LogP contribution is 2.28. The predicted molar refractivity (Wildman–Crippen MR) is 131 cm³/mol. The summed E-state index contributed by atoms with van der Waals surface area (Å²) < 4.78 is 24.1. The van der Waals surface area contributed by atoms with Crippen LogP contribution >= 0.6 is 11.6 Å². The summed E-state index contributed by atoms with van der Waals surface area (Å²) in [6.45, 7) is 1.79. The number of carbonyl (C=O) groups is 2. The van der Waals surface area contributed by atoms with Crippen molar-refractivity contribution in [2.24, 2.45) is 0 Å². The molecule has 0 saturated carbocycles. The molecule has 0 aliphatic carbocycles. The first kappa shape index (κ1) is 24.3. The Balaban J connectivity index is 1.66. The van der Waals surface area contributed by atoms with Gasteiger partial charge in [0.25, 0.3) is 0 Å². The van der Waals surface area contributed by atoms with E-state index in [4.69, 9.17) is 11.6 Å². The molecular formula is C24H24ClN3O4S. The Hall–Kier alpha value is -3.36. The van der Waals surface area contributed by atoms with Gasteiger partial charge in [-0.05, 0) is 54.4 Å². The second-order valence-corrected chi connectivity index (χ2v) is 9.82. The van der Waals surface area contributed by atoms with Gasteiger partial charge in [0.2, 0.25) is 5.91 Å². The smallest absolute Gasteiger partial charge is 0.319 e. The highest BCUT2D eigenvalue weighted by Gasteiger charge is 2.19. The third-order valence-electron chi connectivity index (χ3n) is 4.88. The molecule has 7 nitrogen and oxygen atoms in total. The summed E-state index contributed by atoms with van der Waals surface area (Å²) in [7, 11) is -3.38. The van der Waals surface area contributed by atoms with Gasteiger partial charge in [0.05, 0.1) is 4.90 Å². The molecule has 172 valence electrons. The van der Waals surface area contributed by atoms with Crippen molar-refractivity contribution in [2.75, 3.05) is 16.9 Å². The molecule has 3 rings (SSSR count). The largest absolute Gasteiger partial charge is 0.326 e. The number of nitrogens with one attached hydrogen (secondary N) is 3. The first-order valence-corrected chi connectivity index (χ1v) is 12.5. The molecule has 0 aliphatic rings. The average Bonchev–Trinajstić information content (AvgIpc) is 2.79. The number of sulfone groups is 1. The zero-order valence-electron chi connectivity index (χ0n) is 18.1. The number of urea groups is 1. The van der Waals surface area contributed by atoms with Gasteiger partial charge in [0, 0.05) is 28.2 Å². The number of hydrogen-bond acceptors (Lipinski definition) is 4. The minimum atomic E-state index is -3.38. The third-order valence-corrected chi connectivity index (χ3v) is 6.29. The fourth-order valence-electron chi connectivity index (χ4n) is 3.20. The van der Waals surface area contributed by atoms with E-state index >= 15 is 0 Å².